The molecule has 3 N–H and O–H groups in total. The number of amides is 1. The van der Waals surface area contributed by atoms with E-state index in [-0.39, 0.29) is 6.04 Å². The molecule has 0 saturated carbocycles. The molecule has 0 aliphatic carbocycles. The Morgan fingerprint density at radius 2 is 2.05 bits per heavy atom. The first-order valence-corrected chi connectivity index (χ1v) is 6.97. The molecule has 0 radical (unpaired) electrons. The van der Waals surface area contributed by atoms with E-state index in [2.05, 4.69) is 20.9 Å². The van der Waals surface area contributed by atoms with E-state index in [0.29, 0.717) is 22.2 Å². The lowest BCUT2D eigenvalue weighted by molar-refractivity contribution is -0.117. The van der Waals surface area contributed by atoms with E-state index in [0.717, 1.165) is 0 Å². The fraction of sp³-hybridized carbons (Fsp3) is 0.357. The van der Waals surface area contributed by atoms with Crippen molar-refractivity contribution in [2.75, 3.05) is 7.11 Å². The number of carbonyl (C=O) groups is 2. The van der Waals surface area contributed by atoms with Gasteiger partial charge in [0.15, 0.2) is 5.11 Å². The van der Waals surface area contributed by atoms with Crippen molar-refractivity contribution < 1.29 is 18.7 Å². The Hall–Kier alpha value is -2.35. The number of furan rings is 1. The quantitative estimate of drug-likeness (QED) is 0.332. The van der Waals surface area contributed by atoms with Crippen LogP contribution in [0.4, 0.5) is 0 Å². The van der Waals surface area contributed by atoms with Gasteiger partial charge in [0, 0.05) is 12.1 Å². The highest BCUT2D eigenvalue weighted by atomic mass is 32.1. The van der Waals surface area contributed by atoms with Crippen LogP contribution in [0.1, 0.15) is 35.7 Å². The lowest BCUT2D eigenvalue weighted by Gasteiger charge is -2.12. The summed E-state index contributed by atoms with van der Waals surface area (Å²) in [5.74, 6) is -0.109. The van der Waals surface area contributed by atoms with E-state index < -0.39 is 11.9 Å². The van der Waals surface area contributed by atoms with Crippen molar-refractivity contribution in [3.63, 3.8) is 0 Å². The number of nitrogens with one attached hydrogen (secondary N) is 3. The van der Waals surface area contributed by atoms with E-state index in [1.807, 2.05) is 13.8 Å². The summed E-state index contributed by atoms with van der Waals surface area (Å²) in [7, 11) is 1.29. The van der Waals surface area contributed by atoms with Crippen LogP contribution in [0.5, 0.6) is 0 Å². The number of thiocarbonyl (C=S) groups is 1. The minimum absolute atomic E-state index is 0.162. The van der Waals surface area contributed by atoms with E-state index in [1.165, 1.54) is 25.3 Å². The molecule has 8 heteroatoms. The number of esters is 1. The number of aryl methyl sites for hydroxylation is 1. The van der Waals surface area contributed by atoms with E-state index >= 15 is 0 Å². The average Bonchev–Trinajstić information content (AvgIpc) is 2.82. The predicted octanol–water partition coefficient (Wildman–Crippen LogP) is 1.29. The zero-order valence-corrected chi connectivity index (χ0v) is 13.7. The minimum Gasteiger partial charge on any atom is -0.465 e. The molecule has 7 nitrogen and oxygen atoms in total. The molecule has 0 fully saturated rings. The van der Waals surface area contributed by atoms with Crippen LogP contribution in [0.2, 0.25) is 0 Å². The van der Waals surface area contributed by atoms with Crippen molar-refractivity contribution in [3.8, 4) is 0 Å². The maximum atomic E-state index is 11.6. The van der Waals surface area contributed by atoms with Gasteiger partial charge in [-0.25, -0.2) is 4.79 Å². The van der Waals surface area contributed by atoms with Gasteiger partial charge in [-0.05, 0) is 45.1 Å². The van der Waals surface area contributed by atoms with Crippen LogP contribution in [0, 0.1) is 6.92 Å². The first kappa shape index (κ1) is 17.7. The Morgan fingerprint density at radius 3 is 2.64 bits per heavy atom. The fourth-order valence-electron chi connectivity index (χ4n) is 1.52. The highest BCUT2D eigenvalue weighted by molar-refractivity contribution is 7.80. The van der Waals surface area contributed by atoms with Crippen LogP contribution < -0.4 is 16.2 Å². The molecule has 0 atom stereocenters. The first-order chi connectivity index (χ1) is 10.3. The van der Waals surface area contributed by atoms with Crippen molar-refractivity contribution in [2.24, 2.45) is 0 Å². The molecule has 1 amide bonds. The summed E-state index contributed by atoms with van der Waals surface area (Å²) >= 11 is 4.96. The van der Waals surface area contributed by atoms with Crippen molar-refractivity contribution >= 4 is 35.3 Å². The summed E-state index contributed by atoms with van der Waals surface area (Å²) in [6.07, 6.45) is 2.69. The zero-order valence-electron chi connectivity index (χ0n) is 12.9. The van der Waals surface area contributed by atoms with E-state index in [1.54, 1.807) is 6.92 Å². The molecule has 120 valence electrons. The third-order valence-electron chi connectivity index (χ3n) is 2.46. The number of ether oxygens (including phenoxy) is 1. The van der Waals surface area contributed by atoms with Gasteiger partial charge < -0.3 is 14.5 Å². The highest BCUT2D eigenvalue weighted by Gasteiger charge is 2.14. The summed E-state index contributed by atoms with van der Waals surface area (Å²) in [5.41, 5.74) is 5.28. The number of hydrogen-bond donors (Lipinski definition) is 3. The molecule has 22 heavy (non-hydrogen) atoms. The van der Waals surface area contributed by atoms with E-state index in [4.69, 9.17) is 16.6 Å². The van der Waals surface area contributed by atoms with Crippen molar-refractivity contribution in [1.29, 1.82) is 0 Å². The van der Waals surface area contributed by atoms with Crippen molar-refractivity contribution in [3.05, 3.63) is 29.2 Å². The van der Waals surface area contributed by atoms with Gasteiger partial charge in [0.1, 0.15) is 17.1 Å². The van der Waals surface area contributed by atoms with Crippen LogP contribution in [-0.2, 0) is 9.53 Å². The normalized spacial score (nSPS) is 10.6. The molecule has 0 bridgehead atoms. The molecule has 1 aromatic rings. The van der Waals surface area contributed by atoms with Gasteiger partial charge in [-0.1, -0.05) is 0 Å². The Morgan fingerprint density at radius 1 is 1.36 bits per heavy atom. The van der Waals surface area contributed by atoms with Gasteiger partial charge in [0.25, 0.3) is 5.91 Å². The van der Waals surface area contributed by atoms with E-state index in [9.17, 15) is 9.59 Å². The maximum absolute atomic E-state index is 11.6. The second-order valence-electron chi connectivity index (χ2n) is 4.69. The number of hydrogen-bond acceptors (Lipinski definition) is 5. The number of methoxy groups -OCH3 is 1. The van der Waals surface area contributed by atoms with Gasteiger partial charge in [-0.15, -0.1) is 0 Å². The van der Waals surface area contributed by atoms with Gasteiger partial charge in [-0.2, -0.15) is 0 Å². The largest absolute Gasteiger partial charge is 0.465 e. The topological polar surface area (TPSA) is 92.6 Å². The van der Waals surface area contributed by atoms with Crippen LogP contribution >= 0.6 is 12.2 Å². The Bertz CT molecular complexity index is 593. The van der Waals surface area contributed by atoms with Crippen LogP contribution in [0.25, 0.3) is 6.08 Å². The van der Waals surface area contributed by atoms with Crippen LogP contribution in [-0.4, -0.2) is 30.1 Å². The van der Waals surface area contributed by atoms with Gasteiger partial charge in [-0.3, -0.25) is 15.6 Å². The summed E-state index contributed by atoms with van der Waals surface area (Å²) in [6.45, 7) is 5.49. The molecule has 0 aliphatic heterocycles. The van der Waals surface area contributed by atoms with Crippen molar-refractivity contribution in [1.82, 2.24) is 16.2 Å². The molecule has 0 aromatic carbocycles. The highest BCUT2D eigenvalue weighted by Crippen LogP contribution is 2.16. The Labute approximate surface area is 134 Å². The smallest absolute Gasteiger partial charge is 0.341 e. The predicted molar refractivity (Wildman–Crippen MR) is 86.0 cm³/mol. The maximum Gasteiger partial charge on any atom is 0.341 e. The third kappa shape index (κ3) is 5.57. The summed E-state index contributed by atoms with van der Waals surface area (Å²) in [6, 6.07) is 1.67. The minimum atomic E-state index is -0.489. The SMILES string of the molecule is COC(=O)c1cc(C=CC(=O)NNC(=S)NC(C)C)oc1C. The molecular formula is C14H19N3O4S. The molecule has 0 saturated heterocycles. The van der Waals surface area contributed by atoms with Gasteiger partial charge in [0.2, 0.25) is 0 Å². The van der Waals surface area contributed by atoms with Crippen LogP contribution in [0.3, 0.4) is 0 Å². The standard InChI is InChI=1S/C14H19N3O4S/c1-8(2)15-14(22)17-16-12(18)6-5-10-7-11(9(3)21-10)13(19)20-4/h5-8H,1-4H3,(H,16,18)(H2,15,17,22). The zero-order chi connectivity index (χ0) is 16.7. The summed E-state index contributed by atoms with van der Waals surface area (Å²) in [5, 5.41) is 3.23. The molecule has 0 spiro atoms. The third-order valence-corrected chi connectivity index (χ3v) is 2.68. The lowest BCUT2D eigenvalue weighted by Crippen LogP contribution is -2.48. The second kappa shape index (κ2) is 8.18. The molecule has 0 aliphatic rings. The number of rotatable bonds is 4. The molecule has 1 aromatic heterocycles. The molecular weight excluding hydrogens is 306 g/mol. The second-order valence-corrected chi connectivity index (χ2v) is 5.09. The monoisotopic (exact) mass is 325 g/mol. The molecule has 1 rings (SSSR count). The summed E-state index contributed by atoms with van der Waals surface area (Å²) < 4.78 is 9.96. The van der Waals surface area contributed by atoms with Gasteiger partial charge in [0.05, 0.1) is 7.11 Å². The Kier molecular flexibility index (Phi) is 6.58. The lowest BCUT2D eigenvalue weighted by atomic mass is 10.2. The Balaban J connectivity index is 2.56. The fourth-order valence-corrected chi connectivity index (χ4v) is 1.80. The first-order valence-electron chi connectivity index (χ1n) is 6.56. The molecule has 1 heterocycles. The number of hydrazine groups is 1. The summed E-state index contributed by atoms with van der Waals surface area (Å²) in [4.78, 5) is 23.0. The number of carbonyl (C=O) groups excluding carboxylic acids is 2. The van der Waals surface area contributed by atoms with Gasteiger partial charge >= 0.3 is 5.97 Å². The molecule has 0 unspecified atom stereocenters. The van der Waals surface area contributed by atoms with Crippen molar-refractivity contribution in [2.45, 2.75) is 26.8 Å². The van der Waals surface area contributed by atoms with Crippen LogP contribution in [0.15, 0.2) is 16.6 Å². The average molecular weight is 325 g/mol.